The molecule has 0 saturated heterocycles. The topological polar surface area (TPSA) is 22.2 Å². The van der Waals surface area contributed by atoms with Crippen LogP contribution in [-0.2, 0) is 5.41 Å². The number of aromatic nitrogens is 2. The molecule has 0 aliphatic heterocycles. The smallest absolute Gasteiger partial charge is 0.338 e. The Bertz CT molecular complexity index is 772. The highest BCUT2D eigenvalue weighted by Crippen LogP contribution is 2.28. The van der Waals surface area contributed by atoms with Crippen molar-refractivity contribution >= 4 is 5.71 Å². The third-order valence-electron chi connectivity index (χ3n) is 3.72. The highest BCUT2D eigenvalue weighted by atomic mass is 16.3. The van der Waals surface area contributed by atoms with Gasteiger partial charge in [-0.05, 0) is 39.3 Å². The summed E-state index contributed by atoms with van der Waals surface area (Å²) in [5, 5.41) is 0. The largest absolute Gasteiger partial charge is 0.424 e. The fourth-order valence-corrected chi connectivity index (χ4v) is 2.87. The molecule has 2 heterocycles. The molecule has 0 N–H and O–H groups in total. The number of oxazole rings is 1. The first kappa shape index (κ1) is 13.0. The number of rotatable bonds is 1. The summed E-state index contributed by atoms with van der Waals surface area (Å²) in [5.74, 6) is 1.23. The maximum absolute atomic E-state index is 5.67. The summed E-state index contributed by atoms with van der Waals surface area (Å²) in [6.07, 6.45) is 3.75. The maximum Gasteiger partial charge on any atom is 0.338 e. The Morgan fingerprint density at radius 2 is 1.80 bits per heavy atom. The fourth-order valence-electron chi connectivity index (χ4n) is 2.87. The number of imidazole rings is 1. The summed E-state index contributed by atoms with van der Waals surface area (Å²) in [4.78, 5) is 0. The molecule has 0 saturated carbocycles. The molecule has 0 amide bonds. The average molecular weight is 269 g/mol. The molecule has 3 heteroatoms. The number of nitrogens with zero attached hydrogens (tertiary/aromatic N) is 2. The predicted molar refractivity (Wildman–Crippen MR) is 79.4 cm³/mol. The summed E-state index contributed by atoms with van der Waals surface area (Å²) in [6, 6.07) is 8.47. The van der Waals surface area contributed by atoms with Crippen molar-refractivity contribution in [2.45, 2.75) is 40.0 Å². The van der Waals surface area contributed by atoms with Crippen LogP contribution < -0.4 is 4.40 Å². The van der Waals surface area contributed by atoms with Crippen LogP contribution in [0.2, 0.25) is 0 Å². The molecule has 0 unspecified atom stereocenters. The molecule has 0 fully saturated rings. The standard InChI is InChI=1S/C17H21N2O/c1-12-8-6-7-9-14(12)19-13(2)15-18(10-11-20-15)16(19)17(3,4)5/h6-11H,1-5H3/q+1. The fraction of sp³-hybridized carbons (Fsp3) is 0.353. The van der Waals surface area contributed by atoms with Gasteiger partial charge in [-0.3, -0.25) is 0 Å². The van der Waals surface area contributed by atoms with Crippen molar-refractivity contribution in [2.24, 2.45) is 0 Å². The summed E-state index contributed by atoms with van der Waals surface area (Å²) in [5.41, 5.74) is 4.55. The van der Waals surface area contributed by atoms with Crippen LogP contribution in [0.4, 0.5) is 0 Å². The number of para-hydroxylation sites is 1. The molecular formula is C17H21N2O+. The number of benzene rings is 1. The van der Waals surface area contributed by atoms with Crippen LogP contribution in [0, 0.1) is 13.8 Å². The van der Waals surface area contributed by atoms with Crippen LogP contribution in [0.25, 0.3) is 11.4 Å². The first-order valence-electron chi connectivity index (χ1n) is 6.98. The molecular weight excluding hydrogens is 248 g/mol. The van der Waals surface area contributed by atoms with Gasteiger partial charge in [-0.1, -0.05) is 18.2 Å². The van der Waals surface area contributed by atoms with E-state index in [9.17, 15) is 0 Å². The van der Waals surface area contributed by atoms with Gasteiger partial charge in [-0.2, -0.15) is 8.97 Å². The van der Waals surface area contributed by atoms with Gasteiger partial charge in [0, 0.05) is 6.92 Å². The molecule has 0 aliphatic rings. The van der Waals surface area contributed by atoms with Crippen LogP contribution in [0.3, 0.4) is 0 Å². The molecule has 0 spiro atoms. The van der Waals surface area contributed by atoms with E-state index in [1.54, 1.807) is 6.26 Å². The van der Waals surface area contributed by atoms with E-state index in [-0.39, 0.29) is 5.41 Å². The Labute approximate surface area is 119 Å². The molecule has 0 aliphatic carbocycles. The zero-order valence-electron chi connectivity index (χ0n) is 12.8. The van der Waals surface area contributed by atoms with Gasteiger partial charge in [-0.25, -0.2) is 0 Å². The van der Waals surface area contributed by atoms with Gasteiger partial charge in [0.15, 0.2) is 5.69 Å². The Morgan fingerprint density at radius 3 is 2.45 bits per heavy atom. The minimum Gasteiger partial charge on any atom is -0.424 e. The lowest BCUT2D eigenvalue weighted by Gasteiger charge is -2.15. The molecule has 3 aromatic rings. The van der Waals surface area contributed by atoms with Crippen molar-refractivity contribution in [3.63, 3.8) is 0 Å². The number of hydrogen-bond acceptors (Lipinski definition) is 1. The van der Waals surface area contributed by atoms with Crippen molar-refractivity contribution in [2.75, 3.05) is 0 Å². The lowest BCUT2D eigenvalue weighted by atomic mass is 9.95. The third-order valence-corrected chi connectivity index (χ3v) is 3.72. The molecule has 20 heavy (non-hydrogen) atoms. The van der Waals surface area contributed by atoms with Crippen LogP contribution >= 0.6 is 0 Å². The van der Waals surface area contributed by atoms with Gasteiger partial charge >= 0.3 is 5.71 Å². The van der Waals surface area contributed by atoms with Gasteiger partial charge in [0.1, 0.15) is 18.1 Å². The van der Waals surface area contributed by atoms with Crippen molar-refractivity contribution in [1.82, 2.24) is 4.57 Å². The Kier molecular flexibility index (Phi) is 2.75. The molecule has 3 rings (SSSR count). The van der Waals surface area contributed by atoms with Crippen LogP contribution in [0.5, 0.6) is 0 Å². The summed E-state index contributed by atoms with van der Waals surface area (Å²) < 4.78 is 10.1. The third kappa shape index (κ3) is 1.77. The normalized spacial score (nSPS) is 12.2. The van der Waals surface area contributed by atoms with Gasteiger partial charge in [-0.15, -0.1) is 0 Å². The van der Waals surface area contributed by atoms with E-state index >= 15 is 0 Å². The van der Waals surface area contributed by atoms with E-state index in [4.69, 9.17) is 4.42 Å². The van der Waals surface area contributed by atoms with Crippen LogP contribution in [0.1, 0.15) is 37.9 Å². The summed E-state index contributed by atoms with van der Waals surface area (Å²) in [7, 11) is 0. The van der Waals surface area contributed by atoms with E-state index in [1.165, 1.54) is 17.1 Å². The lowest BCUT2D eigenvalue weighted by molar-refractivity contribution is -0.528. The Morgan fingerprint density at radius 1 is 1.10 bits per heavy atom. The minimum atomic E-state index is 0.0172. The lowest BCUT2D eigenvalue weighted by Crippen LogP contribution is -2.33. The first-order valence-corrected chi connectivity index (χ1v) is 6.98. The second kappa shape index (κ2) is 4.23. The maximum atomic E-state index is 5.67. The van der Waals surface area contributed by atoms with E-state index in [0.29, 0.717) is 0 Å². The van der Waals surface area contributed by atoms with E-state index < -0.39 is 0 Å². The molecule has 0 radical (unpaired) electrons. The predicted octanol–water partition coefficient (Wildman–Crippen LogP) is 3.72. The highest BCUT2D eigenvalue weighted by molar-refractivity contribution is 5.47. The van der Waals surface area contributed by atoms with Gasteiger partial charge in [0.25, 0.3) is 5.82 Å². The highest BCUT2D eigenvalue weighted by Gasteiger charge is 2.35. The summed E-state index contributed by atoms with van der Waals surface area (Å²) >= 11 is 0. The monoisotopic (exact) mass is 269 g/mol. The van der Waals surface area contributed by atoms with Gasteiger partial charge in [0.2, 0.25) is 0 Å². The zero-order chi connectivity index (χ0) is 14.5. The molecule has 3 nitrogen and oxygen atoms in total. The van der Waals surface area contributed by atoms with Gasteiger partial charge < -0.3 is 4.42 Å². The molecule has 104 valence electrons. The van der Waals surface area contributed by atoms with E-state index in [2.05, 4.69) is 67.9 Å². The Balaban J connectivity index is 2.44. The quantitative estimate of drug-likeness (QED) is 0.617. The van der Waals surface area contributed by atoms with E-state index in [1.807, 2.05) is 6.20 Å². The average Bonchev–Trinajstić information content (AvgIpc) is 2.91. The van der Waals surface area contributed by atoms with E-state index in [0.717, 1.165) is 11.4 Å². The van der Waals surface area contributed by atoms with Crippen molar-refractivity contribution in [3.8, 4) is 5.69 Å². The molecule has 2 aromatic heterocycles. The second-order valence-corrected chi connectivity index (χ2v) is 6.36. The van der Waals surface area contributed by atoms with Crippen molar-refractivity contribution in [1.29, 1.82) is 0 Å². The number of aryl methyl sites for hydroxylation is 2. The van der Waals surface area contributed by atoms with Gasteiger partial charge in [0.05, 0.1) is 5.41 Å². The Hall–Kier alpha value is -2.03. The zero-order valence-corrected chi connectivity index (χ0v) is 12.8. The first-order chi connectivity index (χ1) is 9.41. The molecule has 1 aromatic carbocycles. The second-order valence-electron chi connectivity index (χ2n) is 6.36. The minimum absolute atomic E-state index is 0.0172. The van der Waals surface area contributed by atoms with Crippen molar-refractivity contribution < 1.29 is 8.82 Å². The number of hydrogen-bond donors (Lipinski definition) is 0. The summed E-state index contributed by atoms with van der Waals surface area (Å²) in [6.45, 7) is 11.0. The van der Waals surface area contributed by atoms with Crippen molar-refractivity contribution in [3.05, 3.63) is 53.8 Å². The van der Waals surface area contributed by atoms with Crippen LogP contribution in [-0.4, -0.2) is 4.57 Å². The SMILES string of the molecule is Cc1ccccc1-n1c(C)c2occ[n+]2c1C(C)(C)C. The van der Waals surface area contributed by atoms with Crippen LogP contribution in [0.15, 0.2) is 41.1 Å². The molecule has 0 bridgehead atoms. The number of fused-ring (bicyclic) bond motifs is 1. The molecule has 0 atom stereocenters.